The Bertz CT molecular complexity index is 952. The van der Waals surface area contributed by atoms with Crippen molar-refractivity contribution in [2.45, 2.75) is 45.6 Å². The zero-order valence-corrected chi connectivity index (χ0v) is 18.2. The average molecular weight is 444 g/mol. The van der Waals surface area contributed by atoms with E-state index in [1.54, 1.807) is 6.92 Å². The van der Waals surface area contributed by atoms with Crippen molar-refractivity contribution in [3.05, 3.63) is 41.2 Å². The van der Waals surface area contributed by atoms with Crippen LogP contribution in [0.15, 0.2) is 18.2 Å². The van der Waals surface area contributed by atoms with Gasteiger partial charge in [-0.2, -0.15) is 15.0 Å². The summed E-state index contributed by atoms with van der Waals surface area (Å²) in [6.45, 7) is 5.43. The van der Waals surface area contributed by atoms with Gasteiger partial charge in [0.1, 0.15) is 17.5 Å². The van der Waals surface area contributed by atoms with Gasteiger partial charge in [0.15, 0.2) is 0 Å². The highest BCUT2D eigenvalue weighted by molar-refractivity contribution is 7.91. The zero-order chi connectivity index (χ0) is 22.5. The predicted molar refractivity (Wildman–Crippen MR) is 111 cm³/mol. The Balaban J connectivity index is 2.36. The molecule has 8 nitrogen and oxygen atoms in total. The third-order valence-electron chi connectivity index (χ3n) is 4.25. The fraction of sp³-hybridized carbons (Fsp3) is 0.526. The maximum absolute atomic E-state index is 14.1. The second-order valence-corrected chi connectivity index (χ2v) is 9.42. The molecule has 30 heavy (non-hydrogen) atoms. The Morgan fingerprint density at radius 2 is 1.67 bits per heavy atom. The molecule has 0 radical (unpaired) electrons. The number of benzene rings is 1. The van der Waals surface area contributed by atoms with E-state index >= 15 is 0 Å². The van der Waals surface area contributed by atoms with Gasteiger partial charge in [-0.15, -0.1) is 0 Å². The number of halogens is 2. The highest BCUT2D eigenvalue weighted by Crippen LogP contribution is 2.25. The number of rotatable bonds is 10. The van der Waals surface area contributed by atoms with Crippen molar-refractivity contribution in [2.24, 2.45) is 5.92 Å². The van der Waals surface area contributed by atoms with Crippen molar-refractivity contribution < 1.29 is 22.3 Å². The molecule has 0 aliphatic carbocycles. The molecule has 0 fully saturated rings. The van der Waals surface area contributed by atoms with E-state index in [-0.39, 0.29) is 48.3 Å². The fourth-order valence-electron chi connectivity index (χ4n) is 3.08. The minimum absolute atomic E-state index is 0.0431. The quantitative estimate of drug-likeness (QED) is 0.517. The van der Waals surface area contributed by atoms with Gasteiger partial charge in [0.05, 0.1) is 18.9 Å². The summed E-state index contributed by atoms with van der Waals surface area (Å²) in [7, 11) is -3.66. The molecule has 1 aromatic carbocycles. The maximum atomic E-state index is 14.1. The van der Waals surface area contributed by atoms with Crippen LogP contribution in [0, 0.1) is 17.6 Å². The summed E-state index contributed by atoms with van der Waals surface area (Å²) in [6, 6.07) is 3.27. The van der Waals surface area contributed by atoms with Gasteiger partial charge >= 0.3 is 0 Å². The zero-order valence-electron chi connectivity index (χ0n) is 17.4. The fourth-order valence-corrected chi connectivity index (χ4v) is 3.50. The molecule has 3 N–H and O–H groups in total. The van der Waals surface area contributed by atoms with Crippen LogP contribution in [0.3, 0.4) is 0 Å². The highest BCUT2D eigenvalue weighted by atomic mass is 32.2. The summed E-state index contributed by atoms with van der Waals surface area (Å²) in [5.74, 6) is -1.69. The SMILES string of the molecule is CC(C)C[C@H](CO)Nc1nc(CC(C)c2c(F)cccc2F)nc(NS(C)(=O)=O)n1. The number of aliphatic hydroxyl groups excluding tert-OH is 1. The molecule has 0 bridgehead atoms. The van der Waals surface area contributed by atoms with E-state index in [1.807, 2.05) is 13.8 Å². The van der Waals surface area contributed by atoms with Crippen LogP contribution in [0.5, 0.6) is 0 Å². The monoisotopic (exact) mass is 443 g/mol. The summed E-state index contributed by atoms with van der Waals surface area (Å²) in [6.07, 6.45) is 1.63. The summed E-state index contributed by atoms with van der Waals surface area (Å²) in [5.41, 5.74) is -0.0990. The molecule has 166 valence electrons. The Labute approximate surface area is 175 Å². The third-order valence-corrected chi connectivity index (χ3v) is 4.80. The van der Waals surface area contributed by atoms with Gasteiger partial charge in [0.25, 0.3) is 0 Å². The second-order valence-electron chi connectivity index (χ2n) is 7.67. The molecule has 0 saturated heterocycles. The molecule has 11 heteroatoms. The van der Waals surface area contributed by atoms with E-state index in [1.165, 1.54) is 18.2 Å². The number of hydrogen-bond acceptors (Lipinski definition) is 7. The number of anilines is 2. The lowest BCUT2D eigenvalue weighted by Gasteiger charge is -2.19. The molecule has 0 spiro atoms. The largest absolute Gasteiger partial charge is 0.394 e. The molecule has 2 aromatic rings. The average Bonchev–Trinajstić information content (AvgIpc) is 2.58. The van der Waals surface area contributed by atoms with Gasteiger partial charge < -0.3 is 10.4 Å². The molecule has 0 aliphatic rings. The minimum atomic E-state index is -3.66. The maximum Gasteiger partial charge on any atom is 0.241 e. The van der Waals surface area contributed by atoms with Crippen LogP contribution in [0.4, 0.5) is 20.7 Å². The standard InChI is InChI=1S/C19H27F2N5O3S/c1-11(2)8-13(10-27)22-18-23-16(24-19(25-18)26-30(4,28)29)9-12(3)17-14(20)6-5-7-15(17)21/h5-7,11-13,27H,8-10H2,1-4H3,(H2,22,23,24,25,26)/t12?,13-/m1/s1. The van der Waals surface area contributed by atoms with E-state index < -0.39 is 27.6 Å². The van der Waals surface area contributed by atoms with Gasteiger partial charge in [0, 0.05) is 12.0 Å². The Kier molecular flexibility index (Phi) is 8.02. The van der Waals surface area contributed by atoms with Crippen molar-refractivity contribution in [3.8, 4) is 0 Å². The van der Waals surface area contributed by atoms with Crippen molar-refractivity contribution in [3.63, 3.8) is 0 Å². The predicted octanol–water partition coefficient (Wildman–Crippen LogP) is 2.69. The third kappa shape index (κ3) is 7.13. The summed E-state index contributed by atoms with van der Waals surface area (Å²) < 4.78 is 53.6. The van der Waals surface area contributed by atoms with Crippen LogP contribution in [-0.2, 0) is 16.4 Å². The van der Waals surface area contributed by atoms with Crippen LogP contribution in [0.1, 0.15) is 44.5 Å². The highest BCUT2D eigenvalue weighted by Gasteiger charge is 2.20. The summed E-state index contributed by atoms with van der Waals surface area (Å²) >= 11 is 0. The summed E-state index contributed by atoms with van der Waals surface area (Å²) in [4.78, 5) is 12.4. The number of aliphatic hydroxyl groups is 1. The first kappa shape index (κ1) is 23.9. The lowest BCUT2D eigenvalue weighted by Crippen LogP contribution is -2.27. The molecular formula is C19H27F2N5O3S. The van der Waals surface area contributed by atoms with Crippen molar-refractivity contribution >= 4 is 21.9 Å². The van der Waals surface area contributed by atoms with Crippen LogP contribution in [0.25, 0.3) is 0 Å². The molecule has 0 amide bonds. The first-order valence-corrected chi connectivity index (χ1v) is 11.4. The lowest BCUT2D eigenvalue weighted by atomic mass is 9.96. The number of hydrogen-bond donors (Lipinski definition) is 3. The smallest absolute Gasteiger partial charge is 0.241 e. The number of nitrogens with zero attached hydrogens (tertiary/aromatic N) is 3. The van der Waals surface area contributed by atoms with Crippen molar-refractivity contribution in [1.29, 1.82) is 0 Å². The van der Waals surface area contributed by atoms with Crippen LogP contribution in [0.2, 0.25) is 0 Å². The Morgan fingerprint density at radius 1 is 1.07 bits per heavy atom. The number of aromatic nitrogens is 3. The Morgan fingerprint density at radius 3 is 2.20 bits per heavy atom. The van der Waals surface area contributed by atoms with E-state index in [4.69, 9.17) is 0 Å². The molecule has 1 unspecified atom stereocenters. The van der Waals surface area contributed by atoms with E-state index in [2.05, 4.69) is 25.0 Å². The van der Waals surface area contributed by atoms with E-state index in [9.17, 15) is 22.3 Å². The Hall–Kier alpha value is -2.40. The minimum Gasteiger partial charge on any atom is -0.394 e. The normalized spacial score (nSPS) is 13.9. The van der Waals surface area contributed by atoms with Crippen molar-refractivity contribution in [1.82, 2.24) is 15.0 Å². The number of nitrogens with one attached hydrogen (secondary N) is 2. The molecule has 0 saturated carbocycles. The van der Waals surface area contributed by atoms with Gasteiger partial charge in [-0.1, -0.05) is 26.8 Å². The van der Waals surface area contributed by atoms with Crippen LogP contribution >= 0.6 is 0 Å². The molecule has 1 aromatic heterocycles. The first-order chi connectivity index (χ1) is 14.0. The van der Waals surface area contributed by atoms with Gasteiger partial charge in [-0.05, 0) is 30.4 Å². The van der Waals surface area contributed by atoms with Gasteiger partial charge in [-0.3, -0.25) is 4.72 Å². The van der Waals surface area contributed by atoms with Gasteiger partial charge in [0.2, 0.25) is 21.9 Å². The van der Waals surface area contributed by atoms with Crippen molar-refractivity contribution in [2.75, 3.05) is 22.9 Å². The van der Waals surface area contributed by atoms with E-state index in [0.29, 0.717) is 6.42 Å². The molecule has 2 rings (SSSR count). The molecule has 1 heterocycles. The van der Waals surface area contributed by atoms with Crippen LogP contribution in [-0.4, -0.2) is 47.4 Å². The first-order valence-electron chi connectivity index (χ1n) is 9.52. The lowest BCUT2D eigenvalue weighted by molar-refractivity contribution is 0.259. The van der Waals surface area contributed by atoms with E-state index in [0.717, 1.165) is 6.26 Å². The topological polar surface area (TPSA) is 117 Å². The summed E-state index contributed by atoms with van der Waals surface area (Å²) in [5, 5.41) is 12.6. The second kappa shape index (κ2) is 10.1. The van der Waals surface area contributed by atoms with Gasteiger partial charge in [-0.25, -0.2) is 17.2 Å². The molecule has 2 atom stereocenters. The molecule has 0 aliphatic heterocycles. The van der Waals surface area contributed by atoms with Crippen LogP contribution < -0.4 is 10.0 Å². The molecular weight excluding hydrogens is 416 g/mol. The number of sulfonamides is 1.